The van der Waals surface area contributed by atoms with Crippen molar-refractivity contribution in [1.82, 2.24) is 0 Å². The molecule has 6 heteroatoms. The molecule has 2 rings (SSSR count). The minimum Gasteiger partial charge on any atom is -0.508 e. The Morgan fingerprint density at radius 1 is 0.900 bits per heavy atom. The molecule has 104 valence electrons. The molecular formula is C14H12O6. The number of carbonyl (C=O) groups is 1. The van der Waals surface area contributed by atoms with Crippen LogP contribution < -0.4 is 0 Å². The summed E-state index contributed by atoms with van der Waals surface area (Å²) in [6, 6.07) is 7.26. The minimum absolute atomic E-state index is 0.0490. The highest BCUT2D eigenvalue weighted by Gasteiger charge is 2.30. The average molecular weight is 276 g/mol. The number of phenols is 4. The molecule has 0 spiro atoms. The number of rotatable bonds is 3. The van der Waals surface area contributed by atoms with Crippen LogP contribution in [0.5, 0.6) is 23.0 Å². The Morgan fingerprint density at radius 3 is 2.00 bits per heavy atom. The third kappa shape index (κ3) is 2.31. The van der Waals surface area contributed by atoms with Gasteiger partial charge in [-0.05, 0) is 18.2 Å². The van der Waals surface area contributed by atoms with Crippen molar-refractivity contribution in [2.24, 2.45) is 0 Å². The molecule has 1 atom stereocenters. The van der Waals surface area contributed by atoms with Gasteiger partial charge in [0.05, 0.1) is 5.56 Å². The van der Waals surface area contributed by atoms with Gasteiger partial charge in [-0.3, -0.25) is 4.79 Å². The smallest absolute Gasteiger partial charge is 0.315 e. The zero-order valence-electron chi connectivity index (χ0n) is 10.2. The molecule has 0 saturated carbocycles. The van der Waals surface area contributed by atoms with Gasteiger partial charge in [0.2, 0.25) is 0 Å². The second-order valence-corrected chi connectivity index (χ2v) is 4.22. The first-order valence-corrected chi connectivity index (χ1v) is 5.67. The molecule has 2 aromatic rings. The fraction of sp³-hybridized carbons (Fsp3) is 0.0714. The van der Waals surface area contributed by atoms with Crippen molar-refractivity contribution in [1.29, 1.82) is 0 Å². The summed E-state index contributed by atoms with van der Waals surface area (Å²) in [5.74, 6) is -4.29. The van der Waals surface area contributed by atoms with E-state index in [0.29, 0.717) is 0 Å². The third-order valence-electron chi connectivity index (χ3n) is 2.92. The number of carboxylic acids is 1. The molecule has 1 unspecified atom stereocenters. The summed E-state index contributed by atoms with van der Waals surface area (Å²) in [6.07, 6.45) is 0. The van der Waals surface area contributed by atoms with Crippen LogP contribution in [0, 0.1) is 0 Å². The molecule has 0 aromatic heterocycles. The maximum atomic E-state index is 11.4. The van der Waals surface area contributed by atoms with Crippen LogP contribution in [-0.2, 0) is 4.79 Å². The van der Waals surface area contributed by atoms with Gasteiger partial charge in [-0.2, -0.15) is 0 Å². The fourth-order valence-corrected chi connectivity index (χ4v) is 2.03. The van der Waals surface area contributed by atoms with Crippen molar-refractivity contribution in [2.75, 3.05) is 0 Å². The zero-order chi connectivity index (χ0) is 14.9. The van der Waals surface area contributed by atoms with E-state index in [-0.39, 0.29) is 16.9 Å². The Bertz CT molecular complexity index is 644. The summed E-state index contributed by atoms with van der Waals surface area (Å²) in [4.78, 5) is 11.4. The van der Waals surface area contributed by atoms with Gasteiger partial charge >= 0.3 is 5.97 Å². The second-order valence-electron chi connectivity index (χ2n) is 4.22. The predicted molar refractivity (Wildman–Crippen MR) is 69.0 cm³/mol. The maximum Gasteiger partial charge on any atom is 0.315 e. The van der Waals surface area contributed by atoms with Crippen LogP contribution in [0.4, 0.5) is 0 Å². The van der Waals surface area contributed by atoms with E-state index in [1.807, 2.05) is 0 Å². The molecule has 6 nitrogen and oxygen atoms in total. The summed E-state index contributed by atoms with van der Waals surface area (Å²) < 4.78 is 0. The lowest BCUT2D eigenvalue weighted by atomic mass is 9.89. The van der Waals surface area contributed by atoms with Crippen molar-refractivity contribution >= 4 is 5.97 Å². The lowest BCUT2D eigenvalue weighted by molar-refractivity contribution is -0.137. The van der Waals surface area contributed by atoms with Gasteiger partial charge in [-0.15, -0.1) is 0 Å². The average Bonchev–Trinajstić information content (AvgIpc) is 2.35. The molecule has 0 radical (unpaired) electrons. The van der Waals surface area contributed by atoms with E-state index < -0.39 is 29.1 Å². The van der Waals surface area contributed by atoms with Crippen molar-refractivity contribution in [3.8, 4) is 23.0 Å². The van der Waals surface area contributed by atoms with Crippen molar-refractivity contribution in [3.63, 3.8) is 0 Å². The zero-order valence-corrected chi connectivity index (χ0v) is 10.2. The van der Waals surface area contributed by atoms with Crippen LogP contribution in [0.15, 0.2) is 36.4 Å². The Balaban J connectivity index is 2.66. The standard InChI is InChI=1S/C14H12O6/c15-7-4-5-8(11(18)6-7)12(14(19)20)13-9(16)2-1-3-10(13)17/h1-6,12,15-18H,(H,19,20). The number of carboxylic acid groups (broad SMARTS) is 1. The second kappa shape index (κ2) is 5.00. The van der Waals surface area contributed by atoms with Crippen molar-refractivity contribution in [3.05, 3.63) is 47.5 Å². The first kappa shape index (κ1) is 13.5. The van der Waals surface area contributed by atoms with Crippen molar-refractivity contribution in [2.45, 2.75) is 5.92 Å². The van der Waals surface area contributed by atoms with E-state index >= 15 is 0 Å². The SMILES string of the molecule is O=C(O)C(c1ccc(O)cc1O)c1c(O)cccc1O. The molecule has 0 amide bonds. The number of hydrogen-bond donors (Lipinski definition) is 5. The highest BCUT2D eigenvalue weighted by Crippen LogP contribution is 2.41. The lowest BCUT2D eigenvalue weighted by Gasteiger charge is -2.17. The minimum atomic E-state index is -1.46. The van der Waals surface area contributed by atoms with Gasteiger partial charge in [0, 0.05) is 11.6 Å². The largest absolute Gasteiger partial charge is 0.508 e. The molecule has 0 bridgehead atoms. The maximum absolute atomic E-state index is 11.4. The molecule has 2 aromatic carbocycles. The van der Waals surface area contributed by atoms with Gasteiger partial charge in [-0.1, -0.05) is 12.1 Å². The van der Waals surface area contributed by atoms with E-state index in [0.717, 1.165) is 6.07 Å². The van der Waals surface area contributed by atoms with E-state index in [4.69, 9.17) is 0 Å². The topological polar surface area (TPSA) is 118 Å². The van der Waals surface area contributed by atoms with Crippen LogP contribution in [0.1, 0.15) is 17.0 Å². The first-order valence-electron chi connectivity index (χ1n) is 5.67. The van der Waals surface area contributed by atoms with Crippen LogP contribution >= 0.6 is 0 Å². The van der Waals surface area contributed by atoms with Crippen LogP contribution in [0.3, 0.4) is 0 Å². The molecular weight excluding hydrogens is 264 g/mol. The normalized spacial score (nSPS) is 12.0. The van der Waals surface area contributed by atoms with Crippen molar-refractivity contribution < 1.29 is 30.3 Å². The van der Waals surface area contributed by atoms with Gasteiger partial charge in [0.1, 0.15) is 28.9 Å². The Hall–Kier alpha value is -2.89. The molecule has 0 aliphatic carbocycles. The fourth-order valence-electron chi connectivity index (χ4n) is 2.03. The molecule has 0 heterocycles. The van der Waals surface area contributed by atoms with Crippen LogP contribution in [-0.4, -0.2) is 31.5 Å². The molecule has 0 saturated heterocycles. The van der Waals surface area contributed by atoms with E-state index in [9.17, 15) is 30.3 Å². The molecule has 20 heavy (non-hydrogen) atoms. The monoisotopic (exact) mass is 276 g/mol. The highest BCUT2D eigenvalue weighted by molar-refractivity contribution is 5.83. The Labute approximate surface area is 113 Å². The van der Waals surface area contributed by atoms with Gasteiger partial charge in [-0.25, -0.2) is 0 Å². The number of hydrogen-bond acceptors (Lipinski definition) is 5. The quantitative estimate of drug-likeness (QED) is 0.582. The Kier molecular flexibility index (Phi) is 3.39. The van der Waals surface area contributed by atoms with Gasteiger partial charge in [0.15, 0.2) is 0 Å². The number of aliphatic carboxylic acids is 1. The highest BCUT2D eigenvalue weighted by atomic mass is 16.4. The number of aromatic hydroxyl groups is 4. The predicted octanol–water partition coefficient (Wildman–Crippen LogP) is 1.73. The summed E-state index contributed by atoms with van der Waals surface area (Å²) in [5, 5.41) is 47.9. The third-order valence-corrected chi connectivity index (χ3v) is 2.92. The first-order chi connectivity index (χ1) is 9.41. The number of benzene rings is 2. The summed E-state index contributed by atoms with van der Waals surface area (Å²) in [6.45, 7) is 0. The molecule has 5 N–H and O–H groups in total. The number of phenolic OH excluding ortho intramolecular Hbond substituents is 4. The van der Waals surface area contributed by atoms with E-state index in [1.165, 1.54) is 30.3 Å². The van der Waals surface area contributed by atoms with Crippen LogP contribution in [0.2, 0.25) is 0 Å². The summed E-state index contributed by atoms with van der Waals surface area (Å²) in [7, 11) is 0. The van der Waals surface area contributed by atoms with E-state index in [2.05, 4.69) is 0 Å². The summed E-state index contributed by atoms with van der Waals surface area (Å²) in [5.41, 5.74) is -0.270. The van der Waals surface area contributed by atoms with Crippen LogP contribution in [0.25, 0.3) is 0 Å². The lowest BCUT2D eigenvalue weighted by Crippen LogP contribution is -2.13. The summed E-state index contributed by atoms with van der Waals surface area (Å²) >= 11 is 0. The van der Waals surface area contributed by atoms with Gasteiger partial charge < -0.3 is 25.5 Å². The Morgan fingerprint density at radius 2 is 1.50 bits per heavy atom. The van der Waals surface area contributed by atoms with E-state index in [1.54, 1.807) is 0 Å². The van der Waals surface area contributed by atoms with Gasteiger partial charge in [0.25, 0.3) is 0 Å². The molecule has 0 fully saturated rings. The molecule has 0 aliphatic rings. The molecule has 0 aliphatic heterocycles.